The van der Waals surface area contributed by atoms with E-state index in [1.165, 1.54) is 18.2 Å². The Labute approximate surface area is 110 Å². The average Bonchev–Trinajstić information content (AvgIpc) is 2.28. The van der Waals surface area contributed by atoms with Crippen LogP contribution >= 0.6 is 11.6 Å². The van der Waals surface area contributed by atoms with E-state index >= 15 is 0 Å². The van der Waals surface area contributed by atoms with Gasteiger partial charge in [0.2, 0.25) is 5.91 Å². The quantitative estimate of drug-likeness (QED) is 0.734. The van der Waals surface area contributed by atoms with Crippen LogP contribution in [0.15, 0.2) is 18.2 Å². The first kappa shape index (κ1) is 14.3. The molecule has 98 valence electrons. The molecule has 0 saturated carbocycles. The van der Waals surface area contributed by atoms with E-state index in [0.29, 0.717) is 11.4 Å². The number of rotatable bonds is 3. The second-order valence-corrected chi connectivity index (χ2v) is 4.70. The predicted molar refractivity (Wildman–Crippen MR) is 68.2 cm³/mol. The van der Waals surface area contributed by atoms with Crippen LogP contribution in [0, 0.1) is 5.92 Å². The molecule has 1 rings (SSSR count). The summed E-state index contributed by atoms with van der Waals surface area (Å²) in [5.41, 5.74) is 4.49. The average molecular weight is 271 g/mol. The van der Waals surface area contributed by atoms with Crippen LogP contribution in [0.5, 0.6) is 5.75 Å². The second-order valence-electron chi connectivity index (χ2n) is 4.26. The minimum atomic E-state index is -0.618. The van der Waals surface area contributed by atoms with Gasteiger partial charge in [0, 0.05) is 11.4 Å². The van der Waals surface area contributed by atoms with Crippen molar-refractivity contribution in [2.75, 3.05) is 0 Å². The Hall–Kier alpha value is -1.75. The highest BCUT2D eigenvalue weighted by Crippen LogP contribution is 2.20. The third-order valence-electron chi connectivity index (χ3n) is 2.11. The number of carbonyl (C=O) groups excluding carboxylic acids is 2. The number of nitrogens with one attached hydrogen (secondary N) is 2. The Morgan fingerprint density at radius 2 is 2.00 bits per heavy atom. The summed E-state index contributed by atoms with van der Waals surface area (Å²) in [5, 5.41) is 9.81. The number of hydrazine groups is 1. The standard InChI is InChI=1S/C12H15ClN2O3/c1-7(2)5-11(17)14-15-12(18)9-6-8(13)3-4-10(9)16/h3-4,6-7,16H,5H2,1-2H3,(H,14,17)(H,15,18). The van der Waals surface area contributed by atoms with Gasteiger partial charge >= 0.3 is 0 Å². The molecule has 0 bridgehead atoms. The van der Waals surface area contributed by atoms with Gasteiger partial charge in [0.05, 0.1) is 5.56 Å². The van der Waals surface area contributed by atoms with Gasteiger partial charge in [0.15, 0.2) is 0 Å². The van der Waals surface area contributed by atoms with Crippen LogP contribution in [-0.2, 0) is 4.79 Å². The van der Waals surface area contributed by atoms with Gasteiger partial charge in [-0.25, -0.2) is 0 Å². The lowest BCUT2D eigenvalue weighted by molar-refractivity contribution is -0.122. The number of hydrogen-bond acceptors (Lipinski definition) is 3. The molecule has 1 aromatic rings. The Bertz CT molecular complexity index is 461. The zero-order chi connectivity index (χ0) is 13.7. The van der Waals surface area contributed by atoms with E-state index in [4.69, 9.17) is 11.6 Å². The van der Waals surface area contributed by atoms with E-state index in [9.17, 15) is 14.7 Å². The Kier molecular flexibility index (Phi) is 4.97. The number of aromatic hydroxyl groups is 1. The fourth-order valence-electron chi connectivity index (χ4n) is 1.31. The van der Waals surface area contributed by atoms with E-state index in [-0.39, 0.29) is 23.1 Å². The summed E-state index contributed by atoms with van der Waals surface area (Å²) in [6.45, 7) is 3.79. The van der Waals surface area contributed by atoms with Gasteiger partial charge in [-0.05, 0) is 24.1 Å². The lowest BCUT2D eigenvalue weighted by atomic mass is 10.1. The molecular weight excluding hydrogens is 256 g/mol. The highest BCUT2D eigenvalue weighted by atomic mass is 35.5. The maximum Gasteiger partial charge on any atom is 0.273 e. The van der Waals surface area contributed by atoms with E-state index in [1.54, 1.807) is 0 Å². The molecule has 6 heteroatoms. The summed E-state index contributed by atoms with van der Waals surface area (Å²) in [6.07, 6.45) is 0.307. The highest BCUT2D eigenvalue weighted by molar-refractivity contribution is 6.31. The molecule has 5 nitrogen and oxygen atoms in total. The summed E-state index contributed by atoms with van der Waals surface area (Å²) in [5.74, 6) is -0.913. The van der Waals surface area contributed by atoms with Gasteiger partial charge in [0.1, 0.15) is 5.75 Å². The lowest BCUT2D eigenvalue weighted by Crippen LogP contribution is -2.42. The van der Waals surface area contributed by atoms with Gasteiger partial charge in [0.25, 0.3) is 5.91 Å². The van der Waals surface area contributed by atoms with Crippen molar-refractivity contribution in [3.8, 4) is 5.75 Å². The number of carbonyl (C=O) groups is 2. The third-order valence-corrected chi connectivity index (χ3v) is 2.35. The SMILES string of the molecule is CC(C)CC(=O)NNC(=O)c1cc(Cl)ccc1O. The number of benzene rings is 1. The molecule has 0 aliphatic carbocycles. The molecule has 0 unspecified atom stereocenters. The van der Waals surface area contributed by atoms with Crippen LogP contribution in [0.2, 0.25) is 5.02 Å². The van der Waals surface area contributed by atoms with Crippen molar-refractivity contribution in [3.63, 3.8) is 0 Å². The van der Waals surface area contributed by atoms with E-state index < -0.39 is 5.91 Å². The van der Waals surface area contributed by atoms with Crippen molar-refractivity contribution in [2.45, 2.75) is 20.3 Å². The number of halogens is 1. The van der Waals surface area contributed by atoms with Crippen molar-refractivity contribution in [1.29, 1.82) is 0 Å². The molecular formula is C12H15ClN2O3. The molecule has 0 fully saturated rings. The fourth-order valence-corrected chi connectivity index (χ4v) is 1.48. The van der Waals surface area contributed by atoms with Crippen molar-refractivity contribution in [1.82, 2.24) is 10.9 Å². The summed E-state index contributed by atoms with van der Waals surface area (Å²) in [4.78, 5) is 23.0. The minimum absolute atomic E-state index is 0.00680. The van der Waals surface area contributed by atoms with E-state index in [0.717, 1.165) is 0 Å². The van der Waals surface area contributed by atoms with Crippen LogP contribution < -0.4 is 10.9 Å². The molecule has 0 aliphatic heterocycles. The molecule has 0 spiro atoms. The Balaban J connectivity index is 2.60. The molecule has 0 heterocycles. The van der Waals surface area contributed by atoms with Gasteiger partial charge in [-0.15, -0.1) is 0 Å². The Morgan fingerprint density at radius 1 is 1.33 bits per heavy atom. The molecule has 2 amide bonds. The summed E-state index contributed by atoms with van der Waals surface area (Å²) >= 11 is 5.71. The highest BCUT2D eigenvalue weighted by Gasteiger charge is 2.12. The van der Waals surface area contributed by atoms with Crippen LogP contribution in [0.3, 0.4) is 0 Å². The number of hydrogen-bond donors (Lipinski definition) is 3. The number of amides is 2. The van der Waals surface area contributed by atoms with E-state index in [2.05, 4.69) is 10.9 Å². The lowest BCUT2D eigenvalue weighted by Gasteiger charge is -2.09. The zero-order valence-electron chi connectivity index (χ0n) is 10.2. The monoisotopic (exact) mass is 270 g/mol. The first-order valence-corrected chi connectivity index (χ1v) is 5.85. The predicted octanol–water partition coefficient (Wildman–Crippen LogP) is 1.85. The van der Waals surface area contributed by atoms with Crippen molar-refractivity contribution < 1.29 is 14.7 Å². The molecule has 0 radical (unpaired) electrons. The molecule has 0 atom stereocenters. The topological polar surface area (TPSA) is 78.4 Å². The summed E-state index contributed by atoms with van der Waals surface area (Å²) in [7, 11) is 0. The van der Waals surface area contributed by atoms with Gasteiger partial charge in [-0.3, -0.25) is 20.4 Å². The van der Waals surface area contributed by atoms with Gasteiger partial charge in [-0.1, -0.05) is 25.4 Å². The van der Waals surface area contributed by atoms with Crippen LogP contribution in [0.1, 0.15) is 30.6 Å². The first-order valence-electron chi connectivity index (χ1n) is 5.48. The molecule has 18 heavy (non-hydrogen) atoms. The third kappa shape index (κ3) is 4.25. The van der Waals surface area contributed by atoms with Crippen LogP contribution in [0.25, 0.3) is 0 Å². The van der Waals surface area contributed by atoms with E-state index in [1.807, 2.05) is 13.8 Å². The number of phenolic OH excluding ortho intramolecular Hbond substituents is 1. The normalized spacial score (nSPS) is 10.2. The largest absolute Gasteiger partial charge is 0.507 e. The number of phenols is 1. The molecule has 3 N–H and O–H groups in total. The van der Waals surface area contributed by atoms with Gasteiger partial charge in [-0.2, -0.15) is 0 Å². The summed E-state index contributed by atoms with van der Waals surface area (Å²) in [6, 6.07) is 4.10. The minimum Gasteiger partial charge on any atom is -0.507 e. The molecule has 0 aromatic heterocycles. The zero-order valence-corrected chi connectivity index (χ0v) is 10.9. The van der Waals surface area contributed by atoms with Crippen LogP contribution in [-0.4, -0.2) is 16.9 Å². The second kappa shape index (κ2) is 6.26. The first-order chi connectivity index (χ1) is 8.40. The molecule has 0 saturated heterocycles. The van der Waals surface area contributed by atoms with Crippen molar-refractivity contribution in [3.05, 3.63) is 28.8 Å². The fraction of sp³-hybridized carbons (Fsp3) is 0.333. The van der Waals surface area contributed by atoms with Crippen LogP contribution in [0.4, 0.5) is 0 Å². The van der Waals surface area contributed by atoms with Crippen molar-refractivity contribution in [2.24, 2.45) is 5.92 Å². The molecule has 1 aromatic carbocycles. The summed E-state index contributed by atoms with van der Waals surface area (Å²) < 4.78 is 0. The van der Waals surface area contributed by atoms with Crippen molar-refractivity contribution >= 4 is 23.4 Å². The maximum absolute atomic E-state index is 11.7. The smallest absolute Gasteiger partial charge is 0.273 e. The van der Waals surface area contributed by atoms with Gasteiger partial charge < -0.3 is 5.11 Å². The molecule has 0 aliphatic rings. The Morgan fingerprint density at radius 3 is 2.61 bits per heavy atom. The maximum atomic E-state index is 11.7.